The predicted octanol–water partition coefficient (Wildman–Crippen LogP) is 4.04. The monoisotopic (exact) mass is 412 g/mol. The van der Waals surface area contributed by atoms with Crippen LogP contribution in [0, 0.1) is 12.3 Å². The van der Waals surface area contributed by atoms with Crippen LogP contribution in [0.2, 0.25) is 0 Å². The highest BCUT2D eigenvalue weighted by atomic mass is 32.1. The SMILES string of the molecule is Cc1sc(-c2ccccc2)nc1CC(=O)Nc1cnn(COC(=O)C(C)(C)C)c1. The van der Waals surface area contributed by atoms with Crippen LogP contribution in [-0.2, 0) is 27.5 Å². The van der Waals surface area contributed by atoms with Gasteiger partial charge in [-0.05, 0) is 27.7 Å². The molecule has 0 bridgehead atoms. The van der Waals surface area contributed by atoms with Gasteiger partial charge in [0.25, 0.3) is 0 Å². The second kappa shape index (κ2) is 8.57. The Balaban J connectivity index is 1.57. The van der Waals surface area contributed by atoms with Gasteiger partial charge in [-0.25, -0.2) is 9.67 Å². The predicted molar refractivity (Wildman–Crippen MR) is 112 cm³/mol. The van der Waals surface area contributed by atoms with E-state index in [-0.39, 0.29) is 25.0 Å². The van der Waals surface area contributed by atoms with Gasteiger partial charge in [-0.3, -0.25) is 9.59 Å². The standard InChI is InChI=1S/C21H24N4O3S/c1-14-17(24-19(29-14)15-8-6-5-7-9-15)10-18(26)23-16-11-22-25(12-16)13-28-20(27)21(2,3)4/h5-9,11-12H,10,13H2,1-4H3,(H,23,26). The number of ether oxygens (including phenoxy) is 1. The molecule has 3 aromatic rings. The van der Waals surface area contributed by atoms with Gasteiger partial charge in [0.1, 0.15) is 5.01 Å². The number of aryl methyl sites for hydroxylation is 1. The van der Waals surface area contributed by atoms with Crippen molar-refractivity contribution >= 4 is 28.9 Å². The molecule has 1 amide bonds. The first-order valence-electron chi connectivity index (χ1n) is 9.23. The van der Waals surface area contributed by atoms with Crippen LogP contribution in [0.4, 0.5) is 5.69 Å². The van der Waals surface area contributed by atoms with Crippen molar-refractivity contribution in [3.8, 4) is 10.6 Å². The van der Waals surface area contributed by atoms with Gasteiger partial charge in [0.05, 0.1) is 35.6 Å². The minimum Gasteiger partial charge on any atom is -0.442 e. The van der Waals surface area contributed by atoms with Crippen molar-refractivity contribution < 1.29 is 14.3 Å². The molecule has 0 aliphatic carbocycles. The summed E-state index contributed by atoms with van der Waals surface area (Å²) in [4.78, 5) is 29.9. The summed E-state index contributed by atoms with van der Waals surface area (Å²) < 4.78 is 6.67. The maximum absolute atomic E-state index is 12.4. The Kier molecular flexibility index (Phi) is 6.12. The molecule has 1 N–H and O–H groups in total. The van der Waals surface area contributed by atoms with Crippen LogP contribution >= 0.6 is 11.3 Å². The number of carbonyl (C=O) groups excluding carboxylic acids is 2. The third kappa shape index (κ3) is 5.51. The largest absolute Gasteiger partial charge is 0.442 e. The van der Waals surface area contributed by atoms with Crippen molar-refractivity contribution in [3.63, 3.8) is 0 Å². The molecule has 0 atom stereocenters. The summed E-state index contributed by atoms with van der Waals surface area (Å²) in [5.41, 5.74) is 1.77. The molecule has 29 heavy (non-hydrogen) atoms. The third-order valence-electron chi connectivity index (χ3n) is 4.10. The number of esters is 1. The highest BCUT2D eigenvalue weighted by Crippen LogP contribution is 2.27. The van der Waals surface area contributed by atoms with Crippen molar-refractivity contribution in [1.82, 2.24) is 14.8 Å². The fraction of sp³-hybridized carbons (Fsp3) is 0.333. The van der Waals surface area contributed by atoms with Gasteiger partial charge >= 0.3 is 5.97 Å². The minimum absolute atomic E-state index is 0.00238. The Bertz CT molecular complexity index is 1000. The summed E-state index contributed by atoms with van der Waals surface area (Å²) in [6.45, 7) is 7.32. The van der Waals surface area contributed by atoms with Crippen LogP contribution in [0.3, 0.4) is 0 Å². The second-order valence-corrected chi connectivity index (χ2v) is 8.90. The van der Waals surface area contributed by atoms with Crippen molar-refractivity contribution in [1.29, 1.82) is 0 Å². The van der Waals surface area contributed by atoms with E-state index < -0.39 is 5.41 Å². The molecule has 1 aromatic carbocycles. The number of aromatic nitrogens is 3. The number of hydrogen-bond acceptors (Lipinski definition) is 6. The summed E-state index contributed by atoms with van der Waals surface area (Å²) in [5, 5.41) is 7.81. The summed E-state index contributed by atoms with van der Waals surface area (Å²) in [6, 6.07) is 9.90. The molecule has 8 heteroatoms. The van der Waals surface area contributed by atoms with E-state index in [1.165, 1.54) is 10.9 Å². The Morgan fingerprint density at radius 1 is 1.21 bits per heavy atom. The summed E-state index contributed by atoms with van der Waals surface area (Å²) >= 11 is 1.57. The average molecular weight is 413 g/mol. The number of rotatable bonds is 6. The van der Waals surface area contributed by atoms with Gasteiger partial charge in [0.15, 0.2) is 6.73 Å². The van der Waals surface area contributed by atoms with E-state index >= 15 is 0 Å². The van der Waals surface area contributed by atoms with E-state index in [9.17, 15) is 9.59 Å². The molecule has 0 saturated carbocycles. The van der Waals surface area contributed by atoms with Crippen LogP contribution in [-0.4, -0.2) is 26.6 Å². The quantitative estimate of drug-likeness (QED) is 0.618. The molecule has 0 unspecified atom stereocenters. The van der Waals surface area contributed by atoms with Gasteiger partial charge in [-0.2, -0.15) is 5.10 Å². The van der Waals surface area contributed by atoms with Crippen LogP contribution < -0.4 is 5.32 Å². The molecule has 0 radical (unpaired) electrons. The Hall–Kier alpha value is -3.00. The number of anilines is 1. The third-order valence-corrected chi connectivity index (χ3v) is 5.16. The maximum atomic E-state index is 12.4. The highest BCUT2D eigenvalue weighted by Gasteiger charge is 2.23. The molecule has 0 spiro atoms. The lowest BCUT2D eigenvalue weighted by Gasteiger charge is -2.16. The summed E-state index contributed by atoms with van der Waals surface area (Å²) in [5.74, 6) is -0.490. The number of amides is 1. The van der Waals surface area contributed by atoms with Gasteiger partial charge < -0.3 is 10.1 Å². The molecular weight excluding hydrogens is 388 g/mol. The normalized spacial score (nSPS) is 11.3. The van der Waals surface area contributed by atoms with E-state index in [0.717, 1.165) is 21.1 Å². The Labute approximate surface area is 173 Å². The Morgan fingerprint density at radius 2 is 1.93 bits per heavy atom. The molecule has 0 saturated heterocycles. The first kappa shape index (κ1) is 20.7. The van der Waals surface area contributed by atoms with Crippen LogP contribution in [0.25, 0.3) is 10.6 Å². The van der Waals surface area contributed by atoms with Gasteiger partial charge in [0.2, 0.25) is 5.91 Å². The fourth-order valence-corrected chi connectivity index (χ4v) is 3.43. The van der Waals surface area contributed by atoms with Crippen LogP contribution in [0.5, 0.6) is 0 Å². The molecule has 0 fully saturated rings. The van der Waals surface area contributed by atoms with Crippen molar-refractivity contribution in [2.45, 2.75) is 40.8 Å². The number of nitrogens with one attached hydrogen (secondary N) is 1. The zero-order valence-corrected chi connectivity index (χ0v) is 17.7. The van der Waals surface area contributed by atoms with Gasteiger partial charge in [0, 0.05) is 10.4 Å². The van der Waals surface area contributed by atoms with E-state index in [1.807, 2.05) is 37.3 Å². The number of benzene rings is 1. The van der Waals surface area contributed by atoms with Crippen LogP contribution in [0.15, 0.2) is 42.7 Å². The zero-order valence-electron chi connectivity index (χ0n) is 16.9. The van der Waals surface area contributed by atoms with E-state index in [4.69, 9.17) is 4.74 Å². The second-order valence-electron chi connectivity index (χ2n) is 7.69. The maximum Gasteiger partial charge on any atom is 0.313 e. The molecule has 2 aromatic heterocycles. The highest BCUT2D eigenvalue weighted by molar-refractivity contribution is 7.15. The number of thiazole rings is 1. The van der Waals surface area contributed by atoms with Crippen LogP contribution in [0.1, 0.15) is 31.3 Å². The van der Waals surface area contributed by atoms with Crippen molar-refractivity contribution in [3.05, 3.63) is 53.3 Å². The van der Waals surface area contributed by atoms with E-state index in [0.29, 0.717) is 5.69 Å². The lowest BCUT2D eigenvalue weighted by molar-refractivity contribution is -0.157. The molecular formula is C21H24N4O3S. The molecule has 152 valence electrons. The summed E-state index contributed by atoms with van der Waals surface area (Å²) in [6.07, 6.45) is 3.32. The number of carbonyl (C=O) groups is 2. The van der Waals surface area contributed by atoms with Gasteiger partial charge in [-0.15, -0.1) is 11.3 Å². The minimum atomic E-state index is -0.575. The molecule has 2 heterocycles. The first-order chi connectivity index (χ1) is 13.7. The fourth-order valence-electron chi connectivity index (χ4n) is 2.49. The van der Waals surface area contributed by atoms with E-state index in [2.05, 4.69) is 15.4 Å². The summed E-state index contributed by atoms with van der Waals surface area (Å²) in [7, 11) is 0. The lowest BCUT2D eigenvalue weighted by Crippen LogP contribution is -2.24. The zero-order chi connectivity index (χ0) is 21.0. The molecule has 0 aliphatic heterocycles. The van der Waals surface area contributed by atoms with Crippen molar-refractivity contribution in [2.24, 2.45) is 5.41 Å². The first-order valence-corrected chi connectivity index (χ1v) is 10.1. The Morgan fingerprint density at radius 3 is 2.62 bits per heavy atom. The number of nitrogens with zero attached hydrogens (tertiary/aromatic N) is 3. The topological polar surface area (TPSA) is 86.1 Å². The number of hydrogen-bond donors (Lipinski definition) is 1. The van der Waals surface area contributed by atoms with Crippen molar-refractivity contribution in [2.75, 3.05) is 5.32 Å². The van der Waals surface area contributed by atoms with Gasteiger partial charge in [-0.1, -0.05) is 30.3 Å². The smallest absolute Gasteiger partial charge is 0.313 e. The lowest BCUT2D eigenvalue weighted by atomic mass is 9.98. The molecule has 7 nitrogen and oxygen atoms in total. The van der Waals surface area contributed by atoms with E-state index in [1.54, 1.807) is 38.3 Å². The average Bonchev–Trinajstić information content (AvgIpc) is 3.26. The molecule has 3 rings (SSSR count). The molecule has 0 aliphatic rings.